The number of aliphatic hydroxyl groups excluding tert-OH is 1. The minimum atomic E-state index is -0.388. The smallest absolute Gasteiger partial charge is 0.254 e. The van der Waals surface area contributed by atoms with Crippen molar-refractivity contribution in [2.45, 2.75) is 25.4 Å². The van der Waals surface area contributed by atoms with Crippen molar-refractivity contribution in [1.29, 1.82) is 0 Å². The normalized spacial score (nSPS) is 20.0. The predicted molar refractivity (Wildman–Crippen MR) is 98.2 cm³/mol. The molecule has 27 heavy (non-hydrogen) atoms. The number of hydrogen-bond donors (Lipinski definition) is 2. The van der Waals surface area contributed by atoms with E-state index in [1.807, 2.05) is 0 Å². The first-order valence-electron chi connectivity index (χ1n) is 9.16. The van der Waals surface area contributed by atoms with Gasteiger partial charge in [-0.2, -0.15) is 0 Å². The summed E-state index contributed by atoms with van der Waals surface area (Å²) in [6.07, 6.45) is 2.42. The van der Waals surface area contributed by atoms with Crippen LogP contribution >= 0.6 is 0 Å². The molecule has 148 valence electrons. The summed E-state index contributed by atoms with van der Waals surface area (Å²) >= 11 is 0. The van der Waals surface area contributed by atoms with Crippen molar-refractivity contribution in [3.63, 3.8) is 0 Å². The first-order valence-corrected chi connectivity index (χ1v) is 9.16. The second kappa shape index (κ2) is 8.58. The lowest BCUT2D eigenvalue weighted by molar-refractivity contribution is -0.122. The number of anilines is 1. The van der Waals surface area contributed by atoms with E-state index in [0.29, 0.717) is 42.4 Å². The van der Waals surface area contributed by atoms with E-state index in [1.54, 1.807) is 17.0 Å². The van der Waals surface area contributed by atoms with Crippen molar-refractivity contribution in [3.8, 4) is 11.5 Å². The Morgan fingerprint density at radius 2 is 2.07 bits per heavy atom. The first-order chi connectivity index (χ1) is 13.1. The number of amides is 2. The van der Waals surface area contributed by atoms with Gasteiger partial charge in [-0.25, -0.2) is 0 Å². The molecule has 3 rings (SSSR count). The Morgan fingerprint density at radius 3 is 2.67 bits per heavy atom. The molecule has 1 atom stereocenters. The van der Waals surface area contributed by atoms with E-state index in [9.17, 15) is 14.7 Å². The third-order valence-electron chi connectivity index (χ3n) is 5.09. The van der Waals surface area contributed by atoms with Gasteiger partial charge in [0, 0.05) is 24.6 Å². The van der Waals surface area contributed by atoms with Crippen molar-refractivity contribution in [3.05, 3.63) is 17.7 Å². The molecule has 1 heterocycles. The number of morpholine rings is 1. The van der Waals surface area contributed by atoms with E-state index < -0.39 is 0 Å². The summed E-state index contributed by atoms with van der Waals surface area (Å²) in [4.78, 5) is 27.0. The second-order valence-corrected chi connectivity index (χ2v) is 6.80. The minimum Gasteiger partial charge on any atom is -0.493 e. The third-order valence-corrected chi connectivity index (χ3v) is 5.09. The molecule has 2 N–H and O–H groups in total. The van der Waals surface area contributed by atoms with Gasteiger partial charge in [-0.3, -0.25) is 9.59 Å². The maximum atomic E-state index is 12.9. The zero-order valence-corrected chi connectivity index (χ0v) is 15.7. The van der Waals surface area contributed by atoms with Gasteiger partial charge in [-0.15, -0.1) is 0 Å². The Balaban J connectivity index is 1.86. The standard InChI is InChI=1S/C19H26N2O6/c1-25-16-9-13(19(24)21-6-7-27-14(10-21)11-22)8-15(17(16)26-2)20-18(23)12-4-3-5-12/h8-9,12,14,22H,3-7,10-11H2,1-2H3,(H,20,23)/t14-/m0/s1. The molecular weight excluding hydrogens is 352 g/mol. The SMILES string of the molecule is COc1cc(C(=O)N2CCO[C@H](CO)C2)cc(NC(=O)C2CCC2)c1OC. The highest BCUT2D eigenvalue weighted by atomic mass is 16.5. The average Bonchev–Trinajstić information content (AvgIpc) is 2.65. The molecule has 8 nitrogen and oxygen atoms in total. The van der Waals surface area contributed by atoms with Crippen molar-refractivity contribution in [2.24, 2.45) is 5.92 Å². The van der Waals surface area contributed by atoms with E-state index in [1.165, 1.54) is 14.2 Å². The van der Waals surface area contributed by atoms with E-state index in [2.05, 4.69) is 5.32 Å². The number of methoxy groups -OCH3 is 2. The number of nitrogens with zero attached hydrogens (tertiary/aromatic N) is 1. The third kappa shape index (κ3) is 4.17. The molecule has 1 saturated heterocycles. The van der Waals surface area contributed by atoms with Crippen molar-refractivity contribution in [2.75, 3.05) is 45.8 Å². The largest absolute Gasteiger partial charge is 0.493 e. The van der Waals surface area contributed by atoms with Crippen LogP contribution in [0, 0.1) is 5.92 Å². The van der Waals surface area contributed by atoms with Gasteiger partial charge in [-0.05, 0) is 25.0 Å². The maximum Gasteiger partial charge on any atom is 0.254 e. The van der Waals surface area contributed by atoms with Gasteiger partial charge in [0.15, 0.2) is 11.5 Å². The lowest BCUT2D eigenvalue weighted by atomic mass is 9.85. The summed E-state index contributed by atoms with van der Waals surface area (Å²) < 4.78 is 16.2. The lowest BCUT2D eigenvalue weighted by Gasteiger charge is -2.32. The Labute approximate surface area is 158 Å². The van der Waals surface area contributed by atoms with E-state index in [4.69, 9.17) is 14.2 Å². The van der Waals surface area contributed by atoms with E-state index in [0.717, 1.165) is 19.3 Å². The molecule has 2 fully saturated rings. The molecule has 0 aromatic heterocycles. The van der Waals surface area contributed by atoms with Crippen LogP contribution in [0.25, 0.3) is 0 Å². The lowest BCUT2D eigenvalue weighted by Crippen LogP contribution is -2.46. The van der Waals surface area contributed by atoms with Crippen LogP contribution in [0.3, 0.4) is 0 Å². The van der Waals surface area contributed by atoms with Crippen molar-refractivity contribution < 1.29 is 28.9 Å². The quantitative estimate of drug-likeness (QED) is 0.774. The molecule has 0 radical (unpaired) electrons. The van der Waals surface area contributed by atoms with Crippen LogP contribution in [0.15, 0.2) is 12.1 Å². The summed E-state index contributed by atoms with van der Waals surface area (Å²) in [6.45, 7) is 0.981. The Kier molecular flexibility index (Phi) is 6.18. The molecular formula is C19H26N2O6. The zero-order chi connectivity index (χ0) is 19.4. The van der Waals surface area contributed by atoms with Gasteiger partial charge in [0.2, 0.25) is 5.91 Å². The summed E-state index contributed by atoms with van der Waals surface area (Å²) in [5, 5.41) is 12.2. The fourth-order valence-corrected chi connectivity index (χ4v) is 3.28. The molecule has 1 aliphatic heterocycles. The van der Waals surface area contributed by atoms with Crippen molar-refractivity contribution >= 4 is 17.5 Å². The molecule has 0 spiro atoms. The van der Waals surface area contributed by atoms with Crippen LogP contribution in [0.5, 0.6) is 11.5 Å². The number of carbonyl (C=O) groups is 2. The van der Waals surface area contributed by atoms with E-state index >= 15 is 0 Å². The van der Waals surface area contributed by atoms with Crippen LogP contribution in [-0.2, 0) is 9.53 Å². The summed E-state index contributed by atoms with van der Waals surface area (Å²) in [5.41, 5.74) is 0.805. The number of carbonyl (C=O) groups excluding carboxylic acids is 2. The number of nitrogens with one attached hydrogen (secondary N) is 1. The monoisotopic (exact) mass is 378 g/mol. The molecule has 0 bridgehead atoms. The van der Waals surface area contributed by atoms with Crippen LogP contribution in [0.4, 0.5) is 5.69 Å². The Bertz CT molecular complexity index is 704. The molecule has 2 amide bonds. The minimum absolute atomic E-state index is 0.00427. The van der Waals surface area contributed by atoms with Gasteiger partial charge in [-0.1, -0.05) is 6.42 Å². The fourth-order valence-electron chi connectivity index (χ4n) is 3.28. The number of benzene rings is 1. The van der Waals surface area contributed by atoms with Gasteiger partial charge in [0.05, 0.1) is 39.2 Å². The van der Waals surface area contributed by atoms with Gasteiger partial charge < -0.3 is 29.5 Å². The summed E-state index contributed by atoms with van der Waals surface area (Å²) in [5.74, 6) is 0.482. The maximum absolute atomic E-state index is 12.9. The average molecular weight is 378 g/mol. The molecule has 0 unspecified atom stereocenters. The Morgan fingerprint density at radius 1 is 1.30 bits per heavy atom. The number of ether oxygens (including phenoxy) is 3. The first kappa shape index (κ1) is 19.4. The highest BCUT2D eigenvalue weighted by Gasteiger charge is 2.29. The van der Waals surface area contributed by atoms with Gasteiger partial charge in [0.25, 0.3) is 5.91 Å². The van der Waals surface area contributed by atoms with Gasteiger partial charge >= 0.3 is 0 Å². The number of aliphatic hydroxyl groups is 1. The second-order valence-electron chi connectivity index (χ2n) is 6.80. The summed E-state index contributed by atoms with van der Waals surface area (Å²) in [6, 6.07) is 3.22. The molecule has 1 saturated carbocycles. The fraction of sp³-hybridized carbons (Fsp3) is 0.579. The summed E-state index contributed by atoms with van der Waals surface area (Å²) in [7, 11) is 2.98. The predicted octanol–water partition coefficient (Wildman–Crippen LogP) is 1.28. The highest BCUT2D eigenvalue weighted by Crippen LogP contribution is 2.38. The van der Waals surface area contributed by atoms with Crippen LogP contribution < -0.4 is 14.8 Å². The molecule has 1 aromatic rings. The molecule has 8 heteroatoms. The molecule has 1 aromatic carbocycles. The van der Waals surface area contributed by atoms with Crippen LogP contribution in [0.1, 0.15) is 29.6 Å². The van der Waals surface area contributed by atoms with Crippen LogP contribution in [-0.4, -0.2) is 68.4 Å². The van der Waals surface area contributed by atoms with Crippen molar-refractivity contribution in [1.82, 2.24) is 4.90 Å². The van der Waals surface area contributed by atoms with Crippen LogP contribution in [0.2, 0.25) is 0 Å². The molecule has 2 aliphatic rings. The topological polar surface area (TPSA) is 97.3 Å². The Hall–Kier alpha value is -2.32. The molecule has 1 aliphatic carbocycles. The number of hydrogen-bond acceptors (Lipinski definition) is 6. The zero-order valence-electron chi connectivity index (χ0n) is 15.7. The highest BCUT2D eigenvalue weighted by molar-refractivity contribution is 6.00. The van der Waals surface area contributed by atoms with Gasteiger partial charge in [0.1, 0.15) is 0 Å². The number of rotatable bonds is 6. The van der Waals surface area contributed by atoms with E-state index in [-0.39, 0.29) is 30.4 Å².